The summed E-state index contributed by atoms with van der Waals surface area (Å²) in [7, 11) is 0. The molecule has 0 spiro atoms. The van der Waals surface area contributed by atoms with E-state index in [4.69, 9.17) is 5.73 Å². The molecule has 98 valence electrons. The Labute approximate surface area is 114 Å². The number of halogens is 1. The van der Waals surface area contributed by atoms with Crippen molar-refractivity contribution in [2.24, 2.45) is 5.73 Å². The van der Waals surface area contributed by atoms with E-state index in [1.807, 2.05) is 0 Å². The minimum absolute atomic E-state index is 0.114. The second kappa shape index (κ2) is 7.84. The fourth-order valence-corrected chi connectivity index (χ4v) is 1.56. The molecule has 5 nitrogen and oxygen atoms in total. The summed E-state index contributed by atoms with van der Waals surface area (Å²) < 4.78 is 0.917. The van der Waals surface area contributed by atoms with E-state index in [2.05, 4.69) is 26.6 Å². The van der Waals surface area contributed by atoms with Gasteiger partial charge in [-0.05, 0) is 24.3 Å². The number of amides is 2. The molecule has 0 aliphatic rings. The molecular formula is C12H16BrN3O2. The van der Waals surface area contributed by atoms with Crippen LogP contribution in [-0.4, -0.2) is 31.4 Å². The predicted molar refractivity (Wildman–Crippen MR) is 73.2 cm³/mol. The van der Waals surface area contributed by atoms with Crippen LogP contribution in [0, 0.1) is 0 Å². The number of nitrogens with two attached hydrogens (primary N) is 1. The first kappa shape index (κ1) is 14.7. The van der Waals surface area contributed by atoms with E-state index in [0.717, 1.165) is 4.47 Å². The lowest BCUT2D eigenvalue weighted by Gasteiger charge is -2.06. The Morgan fingerprint density at radius 1 is 1.11 bits per heavy atom. The van der Waals surface area contributed by atoms with Crippen molar-refractivity contribution in [1.82, 2.24) is 10.6 Å². The molecule has 0 saturated heterocycles. The molecule has 0 aromatic heterocycles. The van der Waals surface area contributed by atoms with Gasteiger partial charge in [0.25, 0.3) is 5.91 Å². The number of carbonyl (C=O) groups excluding carboxylic acids is 2. The molecule has 0 radical (unpaired) electrons. The van der Waals surface area contributed by atoms with Gasteiger partial charge in [-0.3, -0.25) is 9.59 Å². The lowest BCUT2D eigenvalue weighted by atomic mass is 10.2. The SMILES string of the molecule is NCCNC(=O)CCNC(=O)c1ccc(Br)cc1. The van der Waals surface area contributed by atoms with Crippen LogP contribution in [0.2, 0.25) is 0 Å². The largest absolute Gasteiger partial charge is 0.355 e. The Morgan fingerprint density at radius 2 is 1.78 bits per heavy atom. The standard InChI is InChI=1S/C12H16BrN3O2/c13-10-3-1-9(2-4-10)12(18)16-7-5-11(17)15-8-6-14/h1-4H,5-8,14H2,(H,15,17)(H,16,18). The van der Waals surface area contributed by atoms with Crippen molar-refractivity contribution in [3.63, 3.8) is 0 Å². The van der Waals surface area contributed by atoms with Crippen LogP contribution in [-0.2, 0) is 4.79 Å². The fraction of sp³-hybridized carbons (Fsp3) is 0.333. The zero-order chi connectivity index (χ0) is 13.4. The van der Waals surface area contributed by atoms with Gasteiger partial charge in [-0.25, -0.2) is 0 Å². The maximum atomic E-state index is 11.7. The minimum Gasteiger partial charge on any atom is -0.355 e. The molecule has 0 bridgehead atoms. The van der Waals surface area contributed by atoms with Crippen molar-refractivity contribution in [1.29, 1.82) is 0 Å². The summed E-state index contributed by atoms with van der Waals surface area (Å²) in [5.74, 6) is -0.300. The van der Waals surface area contributed by atoms with Crippen molar-refractivity contribution in [3.05, 3.63) is 34.3 Å². The summed E-state index contributed by atoms with van der Waals surface area (Å²) in [4.78, 5) is 22.9. The predicted octanol–water partition coefficient (Wildman–Crippen LogP) is 0.644. The Kier molecular flexibility index (Phi) is 6.38. The van der Waals surface area contributed by atoms with Crippen LogP contribution in [0.1, 0.15) is 16.8 Å². The van der Waals surface area contributed by atoms with Crippen molar-refractivity contribution >= 4 is 27.7 Å². The van der Waals surface area contributed by atoms with E-state index < -0.39 is 0 Å². The average molecular weight is 314 g/mol. The third-order valence-electron chi connectivity index (χ3n) is 2.21. The molecule has 0 aliphatic carbocycles. The minimum atomic E-state index is -0.186. The lowest BCUT2D eigenvalue weighted by Crippen LogP contribution is -2.33. The molecule has 4 N–H and O–H groups in total. The highest BCUT2D eigenvalue weighted by Crippen LogP contribution is 2.10. The number of nitrogens with one attached hydrogen (secondary N) is 2. The van der Waals surface area contributed by atoms with Gasteiger partial charge in [0.05, 0.1) is 0 Å². The second-order valence-corrected chi connectivity index (χ2v) is 4.57. The zero-order valence-electron chi connectivity index (χ0n) is 9.91. The Bertz CT molecular complexity index is 406. The van der Waals surface area contributed by atoms with E-state index in [-0.39, 0.29) is 18.2 Å². The first-order valence-electron chi connectivity index (χ1n) is 5.64. The van der Waals surface area contributed by atoms with Gasteiger partial charge in [-0.2, -0.15) is 0 Å². The normalized spacial score (nSPS) is 9.89. The van der Waals surface area contributed by atoms with Crippen LogP contribution in [0.5, 0.6) is 0 Å². The summed E-state index contributed by atoms with van der Waals surface area (Å²) in [6.45, 7) is 1.18. The fourth-order valence-electron chi connectivity index (χ4n) is 1.29. The molecule has 0 atom stereocenters. The monoisotopic (exact) mass is 313 g/mol. The van der Waals surface area contributed by atoms with E-state index in [0.29, 0.717) is 25.2 Å². The molecule has 2 amide bonds. The van der Waals surface area contributed by atoms with E-state index in [1.165, 1.54) is 0 Å². The summed E-state index contributed by atoms with van der Waals surface area (Å²) in [6, 6.07) is 7.02. The van der Waals surface area contributed by atoms with Gasteiger partial charge in [0, 0.05) is 36.1 Å². The van der Waals surface area contributed by atoms with Crippen LogP contribution in [0.15, 0.2) is 28.7 Å². The third kappa shape index (κ3) is 5.29. The number of hydrogen-bond donors (Lipinski definition) is 3. The number of hydrogen-bond acceptors (Lipinski definition) is 3. The maximum absolute atomic E-state index is 11.7. The molecule has 0 unspecified atom stereocenters. The number of rotatable bonds is 6. The molecule has 1 rings (SSSR count). The van der Waals surface area contributed by atoms with Crippen LogP contribution in [0.25, 0.3) is 0 Å². The topological polar surface area (TPSA) is 84.2 Å². The molecular weight excluding hydrogens is 298 g/mol. The average Bonchev–Trinajstić information content (AvgIpc) is 2.37. The van der Waals surface area contributed by atoms with Gasteiger partial charge in [0.2, 0.25) is 5.91 Å². The molecule has 6 heteroatoms. The second-order valence-electron chi connectivity index (χ2n) is 3.65. The smallest absolute Gasteiger partial charge is 0.251 e. The molecule has 0 fully saturated rings. The highest BCUT2D eigenvalue weighted by atomic mass is 79.9. The highest BCUT2D eigenvalue weighted by Gasteiger charge is 2.05. The van der Waals surface area contributed by atoms with Crippen LogP contribution < -0.4 is 16.4 Å². The van der Waals surface area contributed by atoms with E-state index in [1.54, 1.807) is 24.3 Å². The van der Waals surface area contributed by atoms with Crippen LogP contribution in [0.4, 0.5) is 0 Å². The summed E-state index contributed by atoms with van der Waals surface area (Å²) >= 11 is 3.30. The molecule has 1 aromatic carbocycles. The Hall–Kier alpha value is -1.40. The van der Waals surface area contributed by atoms with E-state index >= 15 is 0 Å². The molecule has 1 aromatic rings. The van der Waals surface area contributed by atoms with Gasteiger partial charge in [-0.15, -0.1) is 0 Å². The van der Waals surface area contributed by atoms with Gasteiger partial charge in [0.15, 0.2) is 0 Å². The molecule has 0 heterocycles. The first-order valence-corrected chi connectivity index (χ1v) is 6.43. The van der Waals surface area contributed by atoms with Crippen molar-refractivity contribution < 1.29 is 9.59 Å². The summed E-state index contributed by atoms with van der Waals surface area (Å²) in [5, 5.41) is 5.31. The molecule has 0 saturated carbocycles. The highest BCUT2D eigenvalue weighted by molar-refractivity contribution is 9.10. The van der Waals surface area contributed by atoms with Crippen LogP contribution in [0.3, 0.4) is 0 Å². The van der Waals surface area contributed by atoms with Crippen LogP contribution >= 0.6 is 15.9 Å². The summed E-state index contributed by atoms with van der Waals surface area (Å²) in [5.41, 5.74) is 5.82. The van der Waals surface area contributed by atoms with Gasteiger partial charge < -0.3 is 16.4 Å². The van der Waals surface area contributed by atoms with E-state index in [9.17, 15) is 9.59 Å². The van der Waals surface area contributed by atoms with Gasteiger partial charge >= 0.3 is 0 Å². The van der Waals surface area contributed by atoms with Gasteiger partial charge in [-0.1, -0.05) is 15.9 Å². The zero-order valence-corrected chi connectivity index (χ0v) is 11.5. The summed E-state index contributed by atoms with van der Waals surface area (Å²) in [6.07, 6.45) is 0.252. The maximum Gasteiger partial charge on any atom is 0.251 e. The third-order valence-corrected chi connectivity index (χ3v) is 2.74. The van der Waals surface area contributed by atoms with Crippen molar-refractivity contribution in [3.8, 4) is 0 Å². The lowest BCUT2D eigenvalue weighted by molar-refractivity contribution is -0.120. The first-order chi connectivity index (χ1) is 8.63. The Morgan fingerprint density at radius 3 is 2.39 bits per heavy atom. The van der Waals surface area contributed by atoms with Crippen molar-refractivity contribution in [2.45, 2.75) is 6.42 Å². The van der Waals surface area contributed by atoms with Gasteiger partial charge in [0.1, 0.15) is 0 Å². The number of benzene rings is 1. The number of carbonyl (C=O) groups is 2. The van der Waals surface area contributed by atoms with Crippen molar-refractivity contribution in [2.75, 3.05) is 19.6 Å². The quantitative estimate of drug-likeness (QED) is 0.720. The molecule has 18 heavy (non-hydrogen) atoms. The molecule has 0 aliphatic heterocycles. The Balaban J connectivity index is 2.29.